The zero-order valence-corrected chi connectivity index (χ0v) is 23.5. The third kappa shape index (κ3) is 12.2. The van der Waals surface area contributed by atoms with Crippen LogP contribution < -0.4 is 61.2 Å². The maximum atomic E-state index is 11.7. The van der Waals surface area contributed by atoms with Crippen LogP contribution in [-0.4, -0.2) is 13.0 Å². The van der Waals surface area contributed by atoms with Crippen molar-refractivity contribution in [1.29, 1.82) is 0 Å². The van der Waals surface area contributed by atoms with Gasteiger partial charge in [0.25, 0.3) is 10.1 Å². The predicted molar refractivity (Wildman–Crippen MR) is 122 cm³/mol. The van der Waals surface area contributed by atoms with E-state index in [4.69, 9.17) is 4.74 Å². The Balaban J connectivity index is 0.00000512. The van der Waals surface area contributed by atoms with Gasteiger partial charge in [0.2, 0.25) is 0 Å². The van der Waals surface area contributed by atoms with Crippen molar-refractivity contribution in [3.05, 3.63) is 48.0 Å². The molecule has 0 aliphatic heterocycles. The molecule has 2 aromatic rings. The number of benzene rings is 2. The van der Waals surface area contributed by atoms with Gasteiger partial charge >= 0.3 is 51.4 Å². The summed E-state index contributed by atoms with van der Waals surface area (Å²) in [5, 5.41) is 11.2. The number of hydrogen-bond acceptors (Lipinski definition) is 4. The Labute approximate surface area is 236 Å². The maximum Gasteiger partial charge on any atom is 1.00 e. The molecule has 0 aliphatic carbocycles. The van der Waals surface area contributed by atoms with Crippen LogP contribution in [0.3, 0.4) is 0 Å². The second kappa shape index (κ2) is 16.3. The molecule has 0 saturated heterocycles. The SMILES string of the molecule is CCCCCCCCCCCCCc1cc(Oc2ccc([O-])cc2)cc(S(=O)(=O)O)c1.[K+]. The van der Waals surface area contributed by atoms with E-state index in [0.717, 1.165) is 24.8 Å². The Hall–Kier alpha value is -0.414. The Morgan fingerprint density at radius 1 is 0.781 bits per heavy atom. The van der Waals surface area contributed by atoms with E-state index in [1.807, 2.05) is 0 Å². The van der Waals surface area contributed by atoms with Crippen molar-refractivity contribution < 1.29 is 74.2 Å². The van der Waals surface area contributed by atoms with Gasteiger partial charge in [0, 0.05) is 6.07 Å². The van der Waals surface area contributed by atoms with Crippen molar-refractivity contribution in [2.45, 2.75) is 88.9 Å². The minimum Gasteiger partial charge on any atom is -0.872 e. The maximum absolute atomic E-state index is 11.7. The number of aryl methyl sites for hydroxylation is 1. The van der Waals surface area contributed by atoms with E-state index in [1.54, 1.807) is 6.07 Å². The molecule has 0 amide bonds. The number of hydrogen-bond donors (Lipinski definition) is 1. The summed E-state index contributed by atoms with van der Waals surface area (Å²) in [5.74, 6) is 0.635. The van der Waals surface area contributed by atoms with Crippen molar-refractivity contribution in [2.24, 2.45) is 0 Å². The molecule has 5 nitrogen and oxygen atoms in total. The second-order valence-corrected chi connectivity index (χ2v) is 9.57. The van der Waals surface area contributed by atoms with Gasteiger partial charge in [-0.3, -0.25) is 4.55 Å². The van der Waals surface area contributed by atoms with Crippen molar-refractivity contribution in [3.8, 4) is 17.2 Å². The van der Waals surface area contributed by atoms with Gasteiger partial charge in [0.05, 0.1) is 4.90 Å². The molecule has 32 heavy (non-hydrogen) atoms. The predicted octanol–water partition coefficient (Wildman–Crippen LogP) is 3.66. The average molecular weight is 487 g/mol. The summed E-state index contributed by atoms with van der Waals surface area (Å²) in [7, 11) is -4.33. The van der Waals surface area contributed by atoms with Gasteiger partial charge in [0.15, 0.2) is 0 Å². The van der Waals surface area contributed by atoms with Crippen LogP contribution in [-0.2, 0) is 16.5 Å². The molecule has 0 radical (unpaired) electrons. The van der Waals surface area contributed by atoms with Gasteiger partial charge in [-0.05, 0) is 42.7 Å². The summed E-state index contributed by atoms with van der Waals surface area (Å²) in [4.78, 5) is -0.177. The molecular weight excluding hydrogens is 451 g/mol. The summed E-state index contributed by atoms with van der Waals surface area (Å²) >= 11 is 0. The molecule has 2 rings (SSSR count). The van der Waals surface area contributed by atoms with Crippen molar-refractivity contribution in [1.82, 2.24) is 0 Å². The van der Waals surface area contributed by atoms with E-state index >= 15 is 0 Å². The van der Waals surface area contributed by atoms with E-state index in [9.17, 15) is 18.1 Å². The van der Waals surface area contributed by atoms with E-state index in [1.165, 1.54) is 94.2 Å². The van der Waals surface area contributed by atoms with Crippen molar-refractivity contribution >= 4 is 10.1 Å². The first-order valence-corrected chi connectivity index (χ1v) is 12.9. The van der Waals surface area contributed by atoms with E-state index in [2.05, 4.69) is 6.92 Å². The van der Waals surface area contributed by atoms with Crippen LogP contribution in [0.25, 0.3) is 0 Å². The van der Waals surface area contributed by atoms with Crippen LogP contribution in [0.1, 0.15) is 83.1 Å². The standard InChI is InChI=1S/C25H36O5S.K/c1-2-3-4-5-6-7-8-9-10-11-12-13-21-18-24(20-25(19-21)31(27,28)29)30-23-16-14-22(26)15-17-23;/h14-20,26H,2-13H2,1H3,(H,27,28,29);/q;+1/p-1. The number of unbranched alkanes of at least 4 members (excludes halogenated alkanes) is 10. The number of ether oxygens (including phenoxy) is 1. The molecule has 7 heteroatoms. The van der Waals surface area contributed by atoms with E-state index in [-0.39, 0.29) is 62.0 Å². The normalized spacial score (nSPS) is 11.2. The van der Waals surface area contributed by atoms with Crippen LogP contribution in [0.4, 0.5) is 0 Å². The van der Waals surface area contributed by atoms with E-state index in [0.29, 0.717) is 11.5 Å². The molecule has 0 saturated carbocycles. The van der Waals surface area contributed by atoms with Crippen LogP contribution in [0.5, 0.6) is 17.2 Å². The monoisotopic (exact) mass is 486 g/mol. The molecule has 0 aliphatic rings. The van der Waals surface area contributed by atoms with Crippen LogP contribution in [0, 0.1) is 0 Å². The molecule has 2 aromatic carbocycles. The van der Waals surface area contributed by atoms with Gasteiger partial charge in [-0.2, -0.15) is 8.42 Å². The number of rotatable bonds is 15. The smallest absolute Gasteiger partial charge is 0.872 e. The molecule has 0 bridgehead atoms. The summed E-state index contributed by atoms with van der Waals surface area (Å²) < 4.78 is 38.5. The van der Waals surface area contributed by atoms with Gasteiger partial charge in [-0.15, -0.1) is 5.75 Å². The molecule has 0 aromatic heterocycles. The molecule has 0 spiro atoms. The van der Waals surface area contributed by atoms with Gasteiger partial charge in [0.1, 0.15) is 11.5 Å². The van der Waals surface area contributed by atoms with Crippen LogP contribution in [0.15, 0.2) is 47.4 Å². The minimum atomic E-state index is -4.33. The fourth-order valence-electron chi connectivity index (χ4n) is 3.62. The molecule has 0 unspecified atom stereocenters. The third-order valence-electron chi connectivity index (χ3n) is 5.37. The summed E-state index contributed by atoms with van der Waals surface area (Å²) in [6, 6.07) is 10.4. The first-order valence-electron chi connectivity index (χ1n) is 11.4. The zero-order chi connectivity index (χ0) is 22.5. The molecule has 0 atom stereocenters. The van der Waals surface area contributed by atoms with Crippen molar-refractivity contribution in [3.63, 3.8) is 0 Å². The van der Waals surface area contributed by atoms with Crippen LogP contribution >= 0.6 is 0 Å². The van der Waals surface area contributed by atoms with Gasteiger partial charge in [-0.1, -0.05) is 83.3 Å². The molecular formula is C25H35KO5S. The first-order chi connectivity index (χ1) is 14.9. The minimum absolute atomic E-state index is 0. The van der Waals surface area contributed by atoms with Gasteiger partial charge < -0.3 is 9.84 Å². The average Bonchev–Trinajstić information content (AvgIpc) is 2.73. The molecule has 172 valence electrons. The fourth-order valence-corrected chi connectivity index (χ4v) is 4.19. The van der Waals surface area contributed by atoms with Gasteiger partial charge in [-0.25, -0.2) is 0 Å². The topological polar surface area (TPSA) is 86.7 Å². The molecule has 1 N–H and O–H groups in total. The molecule has 0 fully saturated rings. The molecule has 0 heterocycles. The zero-order valence-electron chi connectivity index (χ0n) is 19.5. The first kappa shape index (κ1) is 29.6. The van der Waals surface area contributed by atoms with Crippen LogP contribution in [0.2, 0.25) is 0 Å². The Morgan fingerprint density at radius 2 is 1.31 bits per heavy atom. The quantitative estimate of drug-likeness (QED) is 0.236. The largest absolute Gasteiger partial charge is 1.00 e. The summed E-state index contributed by atoms with van der Waals surface area (Å²) in [6.45, 7) is 2.24. The Bertz CT molecular complexity index is 882. The third-order valence-corrected chi connectivity index (χ3v) is 6.20. The van der Waals surface area contributed by atoms with Crippen molar-refractivity contribution in [2.75, 3.05) is 0 Å². The van der Waals surface area contributed by atoms with E-state index < -0.39 is 10.1 Å². The summed E-state index contributed by atoms with van der Waals surface area (Å²) in [5.41, 5.74) is 0.807. The second-order valence-electron chi connectivity index (χ2n) is 8.15. The summed E-state index contributed by atoms with van der Waals surface area (Å²) in [6.07, 6.45) is 14.5. The Morgan fingerprint density at radius 3 is 1.84 bits per heavy atom. The Kier molecular flexibility index (Phi) is 15.0. The fraction of sp³-hybridized carbons (Fsp3) is 0.520.